The van der Waals surface area contributed by atoms with Crippen LogP contribution in [0.5, 0.6) is 11.5 Å². The van der Waals surface area contributed by atoms with E-state index in [0.717, 1.165) is 24.8 Å². The van der Waals surface area contributed by atoms with Gasteiger partial charge in [0.1, 0.15) is 0 Å². The Hall–Kier alpha value is -2.77. The Labute approximate surface area is 171 Å². The van der Waals surface area contributed by atoms with Crippen LogP contribution in [-0.4, -0.2) is 44.8 Å². The molecule has 0 heterocycles. The highest BCUT2D eigenvalue weighted by atomic mass is 16.5. The summed E-state index contributed by atoms with van der Waals surface area (Å²) >= 11 is 0. The van der Waals surface area contributed by atoms with Crippen LogP contribution in [0.1, 0.15) is 44.6 Å². The SMILES string of the molecule is COc1ccc(CCC(=O)OCC(=O)NC(=O)NC2CCCCC2C)cc1OC. The molecule has 0 saturated heterocycles. The van der Waals surface area contributed by atoms with Gasteiger partial charge in [-0.05, 0) is 42.9 Å². The molecule has 160 valence electrons. The van der Waals surface area contributed by atoms with Crippen LogP contribution >= 0.6 is 0 Å². The number of hydrogen-bond donors (Lipinski definition) is 2. The number of aryl methyl sites for hydroxylation is 1. The van der Waals surface area contributed by atoms with Gasteiger partial charge in [0.2, 0.25) is 0 Å². The maximum atomic E-state index is 11.9. The van der Waals surface area contributed by atoms with E-state index in [1.54, 1.807) is 26.4 Å². The Morgan fingerprint density at radius 3 is 2.48 bits per heavy atom. The second-order valence-electron chi connectivity index (χ2n) is 7.24. The average molecular weight is 406 g/mol. The van der Waals surface area contributed by atoms with Gasteiger partial charge < -0.3 is 19.5 Å². The van der Waals surface area contributed by atoms with Gasteiger partial charge in [0, 0.05) is 12.5 Å². The Balaban J connectivity index is 1.69. The lowest BCUT2D eigenvalue weighted by Gasteiger charge is -2.29. The van der Waals surface area contributed by atoms with E-state index in [-0.39, 0.29) is 12.5 Å². The number of esters is 1. The fraction of sp³-hybridized carbons (Fsp3) is 0.571. The van der Waals surface area contributed by atoms with Crippen LogP contribution in [0.4, 0.5) is 4.79 Å². The Kier molecular flexibility index (Phi) is 8.76. The summed E-state index contributed by atoms with van der Waals surface area (Å²) in [4.78, 5) is 35.6. The molecule has 0 aliphatic heterocycles. The Bertz CT molecular complexity index is 721. The molecule has 0 aromatic heterocycles. The minimum atomic E-state index is -0.648. The lowest BCUT2D eigenvalue weighted by Crippen LogP contribution is -2.48. The zero-order valence-corrected chi connectivity index (χ0v) is 17.3. The van der Waals surface area contributed by atoms with Crippen molar-refractivity contribution in [2.24, 2.45) is 5.92 Å². The van der Waals surface area contributed by atoms with E-state index < -0.39 is 24.5 Å². The average Bonchev–Trinajstić information content (AvgIpc) is 2.72. The van der Waals surface area contributed by atoms with Crippen LogP contribution < -0.4 is 20.1 Å². The van der Waals surface area contributed by atoms with Crippen molar-refractivity contribution in [3.8, 4) is 11.5 Å². The Morgan fingerprint density at radius 2 is 1.79 bits per heavy atom. The fourth-order valence-electron chi connectivity index (χ4n) is 3.40. The standard InChI is InChI=1S/C21H30N2O6/c1-14-6-4-5-7-16(14)22-21(26)23-19(24)13-29-20(25)11-9-15-8-10-17(27-2)18(12-15)28-3/h8,10,12,14,16H,4-7,9,11,13H2,1-3H3,(H2,22,23,24,26). The molecule has 2 N–H and O–H groups in total. The topological polar surface area (TPSA) is 103 Å². The number of amides is 3. The number of imide groups is 1. The van der Waals surface area contributed by atoms with E-state index in [4.69, 9.17) is 14.2 Å². The third kappa shape index (κ3) is 7.29. The summed E-state index contributed by atoms with van der Waals surface area (Å²) < 4.78 is 15.4. The Morgan fingerprint density at radius 1 is 1.07 bits per heavy atom. The van der Waals surface area contributed by atoms with Gasteiger partial charge in [-0.3, -0.25) is 14.9 Å². The smallest absolute Gasteiger partial charge is 0.321 e. The first kappa shape index (κ1) is 22.5. The molecule has 1 aromatic rings. The number of carbonyl (C=O) groups excluding carboxylic acids is 3. The molecular weight excluding hydrogens is 376 g/mol. The van der Waals surface area contributed by atoms with Gasteiger partial charge in [0.25, 0.3) is 5.91 Å². The lowest BCUT2D eigenvalue weighted by molar-refractivity contribution is -0.148. The van der Waals surface area contributed by atoms with E-state index in [0.29, 0.717) is 23.8 Å². The van der Waals surface area contributed by atoms with Gasteiger partial charge in [-0.1, -0.05) is 25.8 Å². The molecule has 8 nitrogen and oxygen atoms in total. The molecule has 0 bridgehead atoms. The van der Waals surface area contributed by atoms with Crippen LogP contribution in [0.3, 0.4) is 0 Å². The molecule has 0 spiro atoms. The lowest BCUT2D eigenvalue weighted by atomic mass is 9.86. The van der Waals surface area contributed by atoms with Crippen molar-refractivity contribution in [3.63, 3.8) is 0 Å². The van der Waals surface area contributed by atoms with E-state index >= 15 is 0 Å². The van der Waals surface area contributed by atoms with Gasteiger partial charge in [-0.2, -0.15) is 0 Å². The predicted molar refractivity (Wildman–Crippen MR) is 107 cm³/mol. The summed E-state index contributed by atoms with van der Waals surface area (Å²) in [5.74, 6) is 0.410. The van der Waals surface area contributed by atoms with E-state index in [2.05, 4.69) is 17.6 Å². The first-order chi connectivity index (χ1) is 13.9. The summed E-state index contributed by atoms with van der Waals surface area (Å²) in [7, 11) is 3.09. The third-order valence-electron chi connectivity index (χ3n) is 5.11. The van der Waals surface area contributed by atoms with Crippen LogP contribution in [0.15, 0.2) is 18.2 Å². The summed E-state index contributed by atoms with van der Waals surface area (Å²) in [5, 5.41) is 5.03. The highest BCUT2D eigenvalue weighted by molar-refractivity contribution is 5.95. The molecule has 3 amide bonds. The monoisotopic (exact) mass is 406 g/mol. The summed E-state index contributed by atoms with van der Waals surface area (Å²) in [6, 6.07) is 4.90. The van der Waals surface area contributed by atoms with Crippen molar-refractivity contribution in [1.29, 1.82) is 0 Å². The predicted octanol–water partition coefficient (Wildman–Crippen LogP) is 2.58. The van der Waals surface area contributed by atoms with Crippen molar-refractivity contribution < 1.29 is 28.6 Å². The van der Waals surface area contributed by atoms with Crippen LogP contribution in [0.2, 0.25) is 0 Å². The van der Waals surface area contributed by atoms with Crippen molar-refractivity contribution >= 4 is 17.9 Å². The van der Waals surface area contributed by atoms with E-state index in [1.165, 1.54) is 6.42 Å². The molecule has 8 heteroatoms. The van der Waals surface area contributed by atoms with Crippen molar-refractivity contribution in [2.45, 2.75) is 51.5 Å². The van der Waals surface area contributed by atoms with Gasteiger partial charge in [-0.25, -0.2) is 4.79 Å². The molecule has 0 radical (unpaired) electrons. The highest BCUT2D eigenvalue weighted by Crippen LogP contribution is 2.28. The number of nitrogens with one attached hydrogen (secondary N) is 2. The summed E-state index contributed by atoms with van der Waals surface area (Å²) in [6.45, 7) is 1.60. The minimum Gasteiger partial charge on any atom is -0.493 e. The van der Waals surface area contributed by atoms with Crippen LogP contribution in [0, 0.1) is 5.92 Å². The van der Waals surface area contributed by atoms with Gasteiger partial charge >= 0.3 is 12.0 Å². The first-order valence-electron chi connectivity index (χ1n) is 9.89. The fourth-order valence-corrected chi connectivity index (χ4v) is 3.40. The molecule has 29 heavy (non-hydrogen) atoms. The number of benzene rings is 1. The number of rotatable bonds is 8. The number of carbonyl (C=O) groups is 3. The van der Waals surface area contributed by atoms with Crippen LogP contribution in [-0.2, 0) is 20.7 Å². The third-order valence-corrected chi connectivity index (χ3v) is 5.11. The number of ether oxygens (including phenoxy) is 3. The number of urea groups is 1. The van der Waals surface area contributed by atoms with Gasteiger partial charge in [0.15, 0.2) is 18.1 Å². The zero-order valence-electron chi connectivity index (χ0n) is 17.3. The van der Waals surface area contributed by atoms with E-state index in [1.807, 2.05) is 6.07 Å². The molecule has 1 fully saturated rings. The normalized spacial score (nSPS) is 18.4. The minimum absolute atomic E-state index is 0.0700. The van der Waals surface area contributed by atoms with Gasteiger partial charge in [-0.15, -0.1) is 0 Å². The van der Waals surface area contributed by atoms with Crippen molar-refractivity contribution in [1.82, 2.24) is 10.6 Å². The second kappa shape index (κ2) is 11.3. The molecule has 1 saturated carbocycles. The molecule has 1 aliphatic rings. The maximum absolute atomic E-state index is 11.9. The molecule has 2 atom stereocenters. The summed E-state index contributed by atoms with van der Waals surface area (Å²) in [5.41, 5.74) is 0.880. The van der Waals surface area contributed by atoms with Gasteiger partial charge in [0.05, 0.1) is 14.2 Å². The van der Waals surface area contributed by atoms with Crippen molar-refractivity contribution in [3.05, 3.63) is 23.8 Å². The zero-order chi connectivity index (χ0) is 21.2. The largest absolute Gasteiger partial charge is 0.493 e. The first-order valence-corrected chi connectivity index (χ1v) is 9.89. The van der Waals surface area contributed by atoms with E-state index in [9.17, 15) is 14.4 Å². The number of methoxy groups -OCH3 is 2. The molecule has 1 aliphatic carbocycles. The highest BCUT2D eigenvalue weighted by Gasteiger charge is 2.23. The molecule has 2 rings (SSSR count). The molecule has 2 unspecified atom stereocenters. The van der Waals surface area contributed by atoms with Crippen molar-refractivity contribution in [2.75, 3.05) is 20.8 Å². The quantitative estimate of drug-likeness (QED) is 0.643. The van der Waals surface area contributed by atoms with Crippen LogP contribution in [0.25, 0.3) is 0 Å². The molecule has 1 aromatic carbocycles. The number of hydrogen-bond acceptors (Lipinski definition) is 6. The second-order valence-corrected chi connectivity index (χ2v) is 7.24. The molecular formula is C21H30N2O6. The maximum Gasteiger partial charge on any atom is 0.321 e. The summed E-state index contributed by atoms with van der Waals surface area (Å²) in [6.07, 6.45) is 4.75.